The fourth-order valence-electron chi connectivity index (χ4n) is 2.73. The second kappa shape index (κ2) is 5.64. The van der Waals surface area contributed by atoms with Gasteiger partial charge >= 0.3 is 18.2 Å². The monoisotopic (exact) mass is 328 g/mol. The first kappa shape index (κ1) is 15.4. The quantitative estimate of drug-likeness (QED) is 0.827. The molecule has 2 fully saturated rings. The van der Waals surface area contributed by atoms with Crippen molar-refractivity contribution in [3.8, 4) is 0 Å². The third-order valence-electron chi connectivity index (χ3n) is 3.98. The Kier molecular flexibility index (Phi) is 3.78. The first-order valence-electron chi connectivity index (χ1n) is 7.12. The van der Waals surface area contributed by atoms with Crippen LogP contribution in [-0.2, 0) is 6.18 Å². The zero-order valence-electron chi connectivity index (χ0n) is 12.1. The molecule has 6 nitrogen and oxygen atoms in total. The summed E-state index contributed by atoms with van der Waals surface area (Å²) in [7, 11) is 0. The number of benzene rings is 1. The van der Waals surface area contributed by atoms with Crippen LogP contribution in [0, 0.1) is 0 Å². The Morgan fingerprint density at radius 1 is 1.22 bits per heavy atom. The van der Waals surface area contributed by atoms with E-state index in [9.17, 15) is 22.8 Å². The number of anilines is 1. The van der Waals surface area contributed by atoms with Crippen molar-refractivity contribution in [3.05, 3.63) is 29.8 Å². The molecule has 9 heteroatoms. The number of urea groups is 2. The van der Waals surface area contributed by atoms with Gasteiger partial charge in [0.15, 0.2) is 0 Å². The maximum Gasteiger partial charge on any atom is 0.416 e. The van der Waals surface area contributed by atoms with Crippen molar-refractivity contribution in [2.45, 2.75) is 12.2 Å². The lowest BCUT2D eigenvalue weighted by molar-refractivity contribution is -0.137. The molecule has 0 unspecified atom stereocenters. The van der Waals surface area contributed by atoms with Crippen molar-refractivity contribution >= 4 is 17.7 Å². The number of hydrogen-bond donors (Lipinski definition) is 2. The number of rotatable bonds is 1. The van der Waals surface area contributed by atoms with Gasteiger partial charge in [0.2, 0.25) is 0 Å². The molecule has 2 aliphatic heterocycles. The Balaban J connectivity index is 1.60. The summed E-state index contributed by atoms with van der Waals surface area (Å²) in [6.07, 6.45) is -4.40. The van der Waals surface area contributed by atoms with E-state index in [0.717, 1.165) is 12.1 Å². The SMILES string of the molecule is O=C(Nc1ccc(C(F)(F)F)cc1)N1CCN2C(=O)NC[C@H]2C1. The molecule has 0 saturated carbocycles. The van der Waals surface area contributed by atoms with Crippen LogP contribution in [0.1, 0.15) is 5.56 Å². The van der Waals surface area contributed by atoms with Gasteiger partial charge in [0.05, 0.1) is 11.6 Å². The first-order valence-corrected chi connectivity index (χ1v) is 7.12. The van der Waals surface area contributed by atoms with Crippen LogP contribution < -0.4 is 10.6 Å². The van der Waals surface area contributed by atoms with Crippen LogP contribution in [0.2, 0.25) is 0 Å². The van der Waals surface area contributed by atoms with Gasteiger partial charge in [0.1, 0.15) is 0 Å². The van der Waals surface area contributed by atoms with E-state index in [-0.39, 0.29) is 18.1 Å². The maximum atomic E-state index is 12.5. The molecular weight excluding hydrogens is 313 g/mol. The third-order valence-corrected chi connectivity index (χ3v) is 3.98. The summed E-state index contributed by atoms with van der Waals surface area (Å²) in [6.45, 7) is 1.71. The minimum atomic E-state index is -4.40. The lowest BCUT2D eigenvalue weighted by atomic mass is 10.2. The van der Waals surface area contributed by atoms with E-state index >= 15 is 0 Å². The standard InChI is InChI=1S/C14H15F3N4O2/c15-14(16,17)9-1-3-10(4-2-9)19-13(23)20-5-6-21-11(8-20)7-18-12(21)22/h1-4,11H,5-8H2,(H,18,22)(H,19,23)/t11-/m0/s1. The molecule has 124 valence electrons. The Morgan fingerprint density at radius 3 is 2.57 bits per heavy atom. The second-order valence-corrected chi connectivity index (χ2v) is 5.48. The topological polar surface area (TPSA) is 64.7 Å². The Hall–Kier alpha value is -2.45. The van der Waals surface area contributed by atoms with Crippen LogP contribution in [-0.4, -0.2) is 54.1 Å². The molecule has 2 N–H and O–H groups in total. The predicted octanol–water partition coefficient (Wildman–Crippen LogP) is 1.95. The van der Waals surface area contributed by atoms with Crippen LogP contribution >= 0.6 is 0 Å². The minimum absolute atomic E-state index is 0.0606. The molecule has 0 aromatic heterocycles. The number of nitrogens with zero attached hydrogens (tertiary/aromatic N) is 2. The number of amides is 4. The van der Waals surface area contributed by atoms with E-state index in [1.165, 1.54) is 12.1 Å². The van der Waals surface area contributed by atoms with Crippen LogP contribution in [0.25, 0.3) is 0 Å². The summed E-state index contributed by atoms with van der Waals surface area (Å²) in [5.74, 6) is 0. The molecule has 1 atom stereocenters. The van der Waals surface area contributed by atoms with Crippen molar-refractivity contribution < 1.29 is 22.8 Å². The van der Waals surface area contributed by atoms with Crippen molar-refractivity contribution in [2.75, 3.05) is 31.5 Å². The van der Waals surface area contributed by atoms with Gasteiger partial charge in [-0.25, -0.2) is 9.59 Å². The van der Waals surface area contributed by atoms with Gasteiger partial charge in [-0.1, -0.05) is 0 Å². The minimum Gasteiger partial charge on any atom is -0.336 e. The highest BCUT2D eigenvalue weighted by Gasteiger charge is 2.37. The van der Waals surface area contributed by atoms with Crippen molar-refractivity contribution in [3.63, 3.8) is 0 Å². The number of halogens is 3. The molecule has 4 amide bonds. The Morgan fingerprint density at radius 2 is 1.91 bits per heavy atom. The van der Waals surface area contributed by atoms with Crippen molar-refractivity contribution in [1.29, 1.82) is 0 Å². The summed E-state index contributed by atoms with van der Waals surface area (Å²) in [5.41, 5.74) is -0.467. The summed E-state index contributed by atoms with van der Waals surface area (Å²) in [5, 5.41) is 5.29. The number of hydrogen-bond acceptors (Lipinski definition) is 2. The van der Waals surface area contributed by atoms with Crippen LogP contribution in [0.15, 0.2) is 24.3 Å². The summed E-state index contributed by atoms with van der Waals surface area (Å²) in [4.78, 5) is 26.9. The van der Waals surface area contributed by atoms with Gasteiger partial charge in [-0.2, -0.15) is 13.2 Å². The first-order chi connectivity index (χ1) is 10.8. The molecule has 0 radical (unpaired) electrons. The molecule has 2 aliphatic rings. The Labute approximate surface area is 130 Å². The average molecular weight is 328 g/mol. The second-order valence-electron chi connectivity index (χ2n) is 5.48. The summed E-state index contributed by atoms with van der Waals surface area (Å²) < 4.78 is 37.5. The number of nitrogens with one attached hydrogen (secondary N) is 2. The molecule has 23 heavy (non-hydrogen) atoms. The van der Waals surface area contributed by atoms with Gasteiger partial charge in [0.25, 0.3) is 0 Å². The van der Waals surface area contributed by atoms with Gasteiger partial charge < -0.3 is 20.4 Å². The predicted molar refractivity (Wildman–Crippen MR) is 75.9 cm³/mol. The molecular formula is C14H15F3N4O2. The van der Waals surface area contributed by atoms with Gasteiger partial charge in [-0.05, 0) is 24.3 Å². The van der Waals surface area contributed by atoms with Crippen LogP contribution in [0.4, 0.5) is 28.4 Å². The number of piperazine rings is 1. The molecule has 2 saturated heterocycles. The van der Waals surface area contributed by atoms with E-state index < -0.39 is 11.7 Å². The molecule has 3 rings (SSSR count). The summed E-state index contributed by atoms with van der Waals surface area (Å²) in [6, 6.07) is 3.71. The lowest BCUT2D eigenvalue weighted by Gasteiger charge is -2.36. The fraction of sp³-hybridized carbons (Fsp3) is 0.429. The van der Waals surface area contributed by atoms with E-state index in [1.807, 2.05) is 0 Å². The fourth-order valence-corrected chi connectivity index (χ4v) is 2.73. The zero-order valence-corrected chi connectivity index (χ0v) is 12.1. The lowest BCUT2D eigenvalue weighted by Crippen LogP contribution is -2.54. The number of alkyl halides is 3. The van der Waals surface area contributed by atoms with E-state index in [1.54, 1.807) is 9.80 Å². The van der Waals surface area contributed by atoms with E-state index in [2.05, 4.69) is 10.6 Å². The number of fused-ring (bicyclic) bond motifs is 1. The normalized spacial score (nSPS) is 21.0. The Bertz CT molecular complexity index is 617. The molecule has 1 aromatic rings. The van der Waals surface area contributed by atoms with Gasteiger partial charge in [-0.15, -0.1) is 0 Å². The number of carbonyl (C=O) groups is 2. The summed E-state index contributed by atoms with van der Waals surface area (Å²) >= 11 is 0. The van der Waals surface area contributed by atoms with Crippen molar-refractivity contribution in [1.82, 2.24) is 15.1 Å². The van der Waals surface area contributed by atoms with E-state index in [0.29, 0.717) is 31.9 Å². The molecule has 0 bridgehead atoms. The van der Waals surface area contributed by atoms with E-state index in [4.69, 9.17) is 0 Å². The molecule has 1 aromatic carbocycles. The average Bonchev–Trinajstić information content (AvgIpc) is 2.88. The maximum absolute atomic E-state index is 12.5. The molecule has 0 aliphatic carbocycles. The highest BCUT2D eigenvalue weighted by Crippen LogP contribution is 2.29. The van der Waals surface area contributed by atoms with Gasteiger partial charge in [-0.3, -0.25) is 0 Å². The van der Waals surface area contributed by atoms with Crippen molar-refractivity contribution in [2.24, 2.45) is 0 Å². The zero-order chi connectivity index (χ0) is 16.6. The van der Waals surface area contributed by atoms with Crippen LogP contribution in [0.3, 0.4) is 0 Å². The smallest absolute Gasteiger partial charge is 0.336 e. The number of carbonyl (C=O) groups excluding carboxylic acids is 2. The van der Waals surface area contributed by atoms with Gasteiger partial charge in [0, 0.05) is 31.9 Å². The third kappa shape index (κ3) is 3.17. The highest BCUT2D eigenvalue weighted by atomic mass is 19.4. The highest BCUT2D eigenvalue weighted by molar-refractivity contribution is 5.89. The van der Waals surface area contributed by atoms with Crippen LogP contribution in [0.5, 0.6) is 0 Å². The largest absolute Gasteiger partial charge is 0.416 e. The molecule has 0 spiro atoms. The molecule has 2 heterocycles.